The first-order valence-corrected chi connectivity index (χ1v) is 40.9. The first-order chi connectivity index (χ1) is 45.8. The number of ether oxygens (including phenoxy) is 2. The fraction of sp³-hybridized carbons (Fsp3) is 0.759. The summed E-state index contributed by atoms with van der Waals surface area (Å²) in [6, 6.07) is 0. The summed E-state index contributed by atoms with van der Waals surface area (Å²) in [7, 11) is -4.40. The fourth-order valence-electron chi connectivity index (χ4n) is 11.4. The van der Waals surface area contributed by atoms with Crippen LogP contribution in [0.2, 0.25) is 0 Å². The third kappa shape index (κ3) is 77.6. The lowest BCUT2D eigenvalue weighted by molar-refractivity contribution is -0.161. The van der Waals surface area contributed by atoms with Crippen LogP contribution in [0.3, 0.4) is 0 Å². The van der Waals surface area contributed by atoms with E-state index in [1.807, 2.05) is 0 Å². The van der Waals surface area contributed by atoms with Crippen molar-refractivity contribution in [3.8, 4) is 0 Å². The Morgan fingerprint density at radius 1 is 0.333 bits per heavy atom. The molecule has 0 saturated carbocycles. The van der Waals surface area contributed by atoms with E-state index in [0.29, 0.717) is 6.42 Å². The van der Waals surface area contributed by atoms with Crippen molar-refractivity contribution >= 4 is 19.8 Å². The molecule has 0 rings (SSSR count). The molecular formula is C83H148NO8P. The number of esters is 2. The number of carbonyl (C=O) groups excluding carboxylic acids is 2. The smallest absolute Gasteiger partial charge is 0.462 e. The SMILES string of the molecule is CC/C=C\C/C=C\C/C=C\C/C=C\C/C=C\C/C=C\C/C=C\CCCCCCCCCCCCCCCC(=O)OC(COC(=O)CCCCCCCCCCCCCCCCCCCCCCCCCCC/C=C\C/C=C\CCCCCCC)COP(=O)(O)OCCN. The monoisotopic (exact) mass is 1320 g/mol. The molecular weight excluding hydrogens is 1170 g/mol. The highest BCUT2D eigenvalue weighted by Gasteiger charge is 2.26. The lowest BCUT2D eigenvalue weighted by Crippen LogP contribution is -2.29. The largest absolute Gasteiger partial charge is 0.472 e. The molecule has 9 nitrogen and oxygen atoms in total. The molecule has 0 aromatic rings. The molecule has 93 heavy (non-hydrogen) atoms. The molecule has 538 valence electrons. The predicted octanol–water partition coefficient (Wildman–Crippen LogP) is 26.4. The van der Waals surface area contributed by atoms with Crippen molar-refractivity contribution in [2.24, 2.45) is 5.73 Å². The Hall–Kier alpha value is -3.33. The van der Waals surface area contributed by atoms with Gasteiger partial charge in [-0.15, -0.1) is 0 Å². The number of phosphoric ester groups is 1. The van der Waals surface area contributed by atoms with Crippen molar-refractivity contribution in [3.05, 3.63) is 109 Å². The summed E-state index contributed by atoms with van der Waals surface area (Å²) in [6.07, 6.45) is 108. The van der Waals surface area contributed by atoms with Crippen LogP contribution in [-0.4, -0.2) is 49.3 Å². The normalized spacial score (nSPS) is 13.5. The Bertz CT molecular complexity index is 1900. The van der Waals surface area contributed by atoms with Gasteiger partial charge >= 0.3 is 19.8 Å². The molecule has 0 spiro atoms. The number of phosphoric acid groups is 1. The zero-order valence-corrected chi connectivity index (χ0v) is 61.6. The molecule has 0 fully saturated rings. The lowest BCUT2D eigenvalue weighted by atomic mass is 10.0. The molecule has 0 bridgehead atoms. The highest BCUT2D eigenvalue weighted by molar-refractivity contribution is 7.47. The maximum absolute atomic E-state index is 12.8. The van der Waals surface area contributed by atoms with Crippen LogP contribution in [0.4, 0.5) is 0 Å². The van der Waals surface area contributed by atoms with E-state index >= 15 is 0 Å². The van der Waals surface area contributed by atoms with Crippen molar-refractivity contribution in [2.75, 3.05) is 26.4 Å². The number of allylic oxidation sites excluding steroid dienone is 18. The maximum atomic E-state index is 12.8. The van der Waals surface area contributed by atoms with Crippen molar-refractivity contribution in [1.29, 1.82) is 0 Å². The zero-order chi connectivity index (χ0) is 67.2. The van der Waals surface area contributed by atoms with Gasteiger partial charge in [-0.2, -0.15) is 0 Å². The average molecular weight is 1320 g/mol. The number of nitrogens with two attached hydrogens (primary N) is 1. The molecule has 0 aromatic carbocycles. The molecule has 2 unspecified atom stereocenters. The van der Waals surface area contributed by atoms with Crippen LogP contribution < -0.4 is 5.73 Å². The van der Waals surface area contributed by atoms with Gasteiger partial charge in [0.1, 0.15) is 6.61 Å². The van der Waals surface area contributed by atoms with Gasteiger partial charge in [0.2, 0.25) is 0 Å². The average Bonchev–Trinajstić information content (AvgIpc) is 3.70. The first kappa shape index (κ1) is 89.7. The van der Waals surface area contributed by atoms with E-state index in [-0.39, 0.29) is 38.6 Å². The quantitative estimate of drug-likeness (QED) is 0.0264. The molecule has 0 saturated heterocycles. The van der Waals surface area contributed by atoms with E-state index in [0.717, 1.165) is 89.9 Å². The number of rotatable bonds is 74. The minimum Gasteiger partial charge on any atom is -0.462 e. The third-order valence-corrected chi connectivity index (χ3v) is 18.1. The fourth-order valence-corrected chi connectivity index (χ4v) is 12.1. The minimum atomic E-state index is -4.40. The van der Waals surface area contributed by atoms with Crippen LogP contribution in [0, 0.1) is 0 Å². The highest BCUT2D eigenvalue weighted by atomic mass is 31.2. The van der Waals surface area contributed by atoms with Crippen molar-refractivity contribution in [1.82, 2.24) is 0 Å². The predicted molar refractivity (Wildman–Crippen MR) is 404 cm³/mol. The van der Waals surface area contributed by atoms with Gasteiger partial charge in [-0.05, 0) is 103 Å². The zero-order valence-electron chi connectivity index (χ0n) is 60.7. The summed E-state index contributed by atoms with van der Waals surface area (Å²) in [5.74, 6) is -0.816. The van der Waals surface area contributed by atoms with E-state index in [2.05, 4.69) is 123 Å². The molecule has 0 aromatic heterocycles. The Kier molecular flexibility index (Phi) is 74.9. The van der Waals surface area contributed by atoms with Crippen LogP contribution in [0.5, 0.6) is 0 Å². The molecule has 0 heterocycles. The third-order valence-electron chi connectivity index (χ3n) is 17.1. The Labute approximate surface area is 575 Å². The standard InChI is InChI=1S/C83H148NO8P/c1-3-5-7-9-11-13-15-17-19-21-23-25-27-29-31-33-35-37-39-40-42-43-45-47-49-51-53-55-57-59-61-63-65-67-69-71-73-75-82(85)89-79-81(80-91-93(87,88)90-78-77-84)92-83(86)76-74-72-70-68-66-64-62-60-58-56-54-52-50-48-46-44-41-38-36-34-32-30-28-26-24-22-20-18-16-14-12-10-8-6-4-2/h6,8,12,14-15,17-18,20-21,23-24,26,30,32,36,38,44,46,81H,3-5,7,9-11,13,16,19,22,25,27-29,31,33-35,37,39-43,45,47-80,84H2,1-2H3,(H,87,88)/b8-6-,14-12-,17-15-,20-18-,23-21-,26-24-,32-30-,38-36-,46-44-. The number of hydrogen-bond acceptors (Lipinski definition) is 8. The van der Waals surface area contributed by atoms with Crippen molar-refractivity contribution in [3.63, 3.8) is 0 Å². The van der Waals surface area contributed by atoms with Crippen molar-refractivity contribution in [2.45, 2.75) is 380 Å². The van der Waals surface area contributed by atoms with Gasteiger partial charge < -0.3 is 20.1 Å². The van der Waals surface area contributed by atoms with E-state index < -0.39 is 26.5 Å². The van der Waals surface area contributed by atoms with Crippen LogP contribution in [0.25, 0.3) is 0 Å². The second-order valence-corrected chi connectivity index (χ2v) is 27.7. The molecule has 0 aliphatic rings. The first-order valence-electron chi connectivity index (χ1n) is 39.4. The van der Waals surface area contributed by atoms with Crippen LogP contribution >= 0.6 is 7.82 Å². The maximum Gasteiger partial charge on any atom is 0.472 e. The van der Waals surface area contributed by atoms with Gasteiger partial charge in [-0.25, -0.2) is 4.57 Å². The van der Waals surface area contributed by atoms with Crippen LogP contribution in [0.15, 0.2) is 109 Å². The molecule has 0 aliphatic carbocycles. The summed E-state index contributed by atoms with van der Waals surface area (Å²) in [4.78, 5) is 35.5. The van der Waals surface area contributed by atoms with Crippen molar-refractivity contribution < 1.29 is 37.6 Å². The van der Waals surface area contributed by atoms with Crippen LogP contribution in [-0.2, 0) is 32.7 Å². The van der Waals surface area contributed by atoms with Gasteiger partial charge in [0, 0.05) is 19.4 Å². The summed E-state index contributed by atoms with van der Waals surface area (Å²) in [5.41, 5.74) is 5.41. The molecule has 3 N–H and O–H groups in total. The number of hydrogen-bond donors (Lipinski definition) is 2. The highest BCUT2D eigenvalue weighted by Crippen LogP contribution is 2.43. The molecule has 0 aliphatic heterocycles. The summed E-state index contributed by atoms with van der Waals surface area (Å²) < 4.78 is 33.3. The minimum absolute atomic E-state index is 0.0513. The van der Waals surface area contributed by atoms with Gasteiger partial charge in [0.05, 0.1) is 13.2 Å². The van der Waals surface area contributed by atoms with E-state index in [4.69, 9.17) is 24.3 Å². The Morgan fingerprint density at radius 3 is 0.882 bits per heavy atom. The van der Waals surface area contributed by atoms with Gasteiger partial charge in [0.15, 0.2) is 6.10 Å². The van der Waals surface area contributed by atoms with Crippen LogP contribution in [0.1, 0.15) is 373 Å². The summed E-state index contributed by atoms with van der Waals surface area (Å²) in [6.45, 7) is 3.66. The second kappa shape index (κ2) is 77.7. The second-order valence-electron chi connectivity index (χ2n) is 26.2. The number of carbonyl (C=O) groups is 2. The van der Waals surface area contributed by atoms with Gasteiger partial charge in [-0.3, -0.25) is 18.6 Å². The van der Waals surface area contributed by atoms with E-state index in [1.165, 1.54) is 250 Å². The molecule has 2 atom stereocenters. The number of unbranched alkanes of at least 4 members (excludes halogenated alkanes) is 43. The van der Waals surface area contributed by atoms with Gasteiger partial charge in [0.25, 0.3) is 0 Å². The van der Waals surface area contributed by atoms with E-state index in [1.54, 1.807) is 0 Å². The summed E-state index contributed by atoms with van der Waals surface area (Å²) in [5, 5.41) is 0. The molecule has 0 radical (unpaired) electrons. The lowest BCUT2D eigenvalue weighted by Gasteiger charge is -2.19. The Morgan fingerprint density at radius 2 is 0.591 bits per heavy atom. The van der Waals surface area contributed by atoms with Gasteiger partial charge in [-0.1, -0.05) is 367 Å². The van der Waals surface area contributed by atoms with E-state index in [9.17, 15) is 19.0 Å². The molecule has 0 amide bonds. The summed E-state index contributed by atoms with van der Waals surface area (Å²) >= 11 is 0. The molecule has 10 heteroatoms. The topological polar surface area (TPSA) is 134 Å². The Balaban J connectivity index is 3.81.